The maximum atomic E-state index is 11.7. The lowest BCUT2D eigenvalue weighted by Crippen LogP contribution is -2.52. The predicted octanol–water partition coefficient (Wildman–Crippen LogP) is 2.73. The second-order valence-electron chi connectivity index (χ2n) is 6.21. The van der Waals surface area contributed by atoms with E-state index in [1.807, 2.05) is 20.8 Å². The fourth-order valence-electron chi connectivity index (χ4n) is 2.13. The standard InChI is InChI=1S/C13H27NO2/c1-8-13(6,14)12(4,5)9-11(2,3)10(15)16-7/h8-9,14H2,1-7H3. The number of hydrogen-bond acceptors (Lipinski definition) is 3. The SMILES string of the molecule is CCC(C)(N)C(C)(C)CC(C)(C)C(=O)OC. The maximum Gasteiger partial charge on any atom is 0.311 e. The van der Waals surface area contributed by atoms with E-state index < -0.39 is 5.41 Å². The third-order valence-corrected chi connectivity index (χ3v) is 3.90. The van der Waals surface area contributed by atoms with Gasteiger partial charge < -0.3 is 10.5 Å². The molecule has 0 aromatic carbocycles. The summed E-state index contributed by atoms with van der Waals surface area (Å²) in [4.78, 5) is 11.7. The van der Waals surface area contributed by atoms with E-state index in [1.165, 1.54) is 7.11 Å². The summed E-state index contributed by atoms with van der Waals surface area (Å²) in [6, 6.07) is 0. The summed E-state index contributed by atoms with van der Waals surface area (Å²) >= 11 is 0. The molecule has 1 atom stereocenters. The lowest BCUT2D eigenvalue weighted by atomic mass is 9.64. The van der Waals surface area contributed by atoms with Crippen LogP contribution in [-0.4, -0.2) is 18.6 Å². The molecule has 16 heavy (non-hydrogen) atoms. The van der Waals surface area contributed by atoms with Gasteiger partial charge in [-0.05, 0) is 39.0 Å². The van der Waals surface area contributed by atoms with Crippen molar-refractivity contribution in [3.8, 4) is 0 Å². The van der Waals surface area contributed by atoms with Crippen LogP contribution in [0.5, 0.6) is 0 Å². The van der Waals surface area contributed by atoms with Crippen molar-refractivity contribution in [2.45, 2.75) is 59.9 Å². The number of rotatable bonds is 5. The summed E-state index contributed by atoms with van der Waals surface area (Å²) in [6.45, 7) is 12.2. The molecule has 0 aliphatic carbocycles. The van der Waals surface area contributed by atoms with Crippen molar-refractivity contribution < 1.29 is 9.53 Å². The predicted molar refractivity (Wildman–Crippen MR) is 67.1 cm³/mol. The Morgan fingerprint density at radius 1 is 1.19 bits per heavy atom. The number of esters is 1. The molecule has 0 bridgehead atoms. The fourth-order valence-corrected chi connectivity index (χ4v) is 2.13. The highest BCUT2D eigenvalue weighted by atomic mass is 16.5. The highest BCUT2D eigenvalue weighted by Gasteiger charge is 2.43. The first-order valence-corrected chi connectivity index (χ1v) is 5.87. The zero-order valence-electron chi connectivity index (χ0n) is 11.8. The van der Waals surface area contributed by atoms with Crippen molar-refractivity contribution in [3.63, 3.8) is 0 Å². The largest absolute Gasteiger partial charge is 0.469 e. The van der Waals surface area contributed by atoms with Crippen molar-refractivity contribution in [3.05, 3.63) is 0 Å². The van der Waals surface area contributed by atoms with Crippen LogP contribution in [0.25, 0.3) is 0 Å². The van der Waals surface area contributed by atoms with Crippen LogP contribution >= 0.6 is 0 Å². The minimum Gasteiger partial charge on any atom is -0.469 e. The molecule has 0 rings (SSSR count). The molecular formula is C13H27NO2. The van der Waals surface area contributed by atoms with Gasteiger partial charge in [0.2, 0.25) is 0 Å². The van der Waals surface area contributed by atoms with Gasteiger partial charge in [-0.1, -0.05) is 20.8 Å². The van der Waals surface area contributed by atoms with Crippen LogP contribution in [0, 0.1) is 10.8 Å². The van der Waals surface area contributed by atoms with E-state index >= 15 is 0 Å². The first-order chi connectivity index (χ1) is 7.00. The molecule has 96 valence electrons. The van der Waals surface area contributed by atoms with E-state index in [-0.39, 0.29) is 16.9 Å². The molecule has 0 aliphatic rings. The first kappa shape index (κ1) is 15.4. The third kappa shape index (κ3) is 3.21. The van der Waals surface area contributed by atoms with E-state index in [0.717, 1.165) is 6.42 Å². The Hall–Kier alpha value is -0.570. The van der Waals surface area contributed by atoms with Crippen LogP contribution in [-0.2, 0) is 9.53 Å². The van der Waals surface area contributed by atoms with Gasteiger partial charge in [0.25, 0.3) is 0 Å². The van der Waals surface area contributed by atoms with Crippen LogP contribution in [0.2, 0.25) is 0 Å². The average Bonchev–Trinajstić information content (AvgIpc) is 2.14. The summed E-state index contributed by atoms with van der Waals surface area (Å²) in [7, 11) is 1.43. The van der Waals surface area contributed by atoms with Crippen molar-refractivity contribution in [2.24, 2.45) is 16.6 Å². The summed E-state index contributed by atoms with van der Waals surface area (Å²) in [5.74, 6) is -0.174. The average molecular weight is 229 g/mol. The highest BCUT2D eigenvalue weighted by Crippen LogP contribution is 2.42. The number of carbonyl (C=O) groups is 1. The van der Waals surface area contributed by atoms with Crippen LogP contribution in [0.4, 0.5) is 0 Å². The van der Waals surface area contributed by atoms with Gasteiger partial charge in [0.05, 0.1) is 12.5 Å². The molecule has 0 aliphatic heterocycles. The molecule has 0 radical (unpaired) electrons. The van der Waals surface area contributed by atoms with Gasteiger partial charge in [0.15, 0.2) is 0 Å². The van der Waals surface area contributed by atoms with Crippen molar-refractivity contribution in [2.75, 3.05) is 7.11 Å². The first-order valence-electron chi connectivity index (χ1n) is 5.87. The molecule has 0 saturated heterocycles. The molecule has 0 aromatic heterocycles. The Balaban J connectivity index is 4.90. The lowest BCUT2D eigenvalue weighted by Gasteiger charge is -2.44. The van der Waals surface area contributed by atoms with Gasteiger partial charge in [-0.15, -0.1) is 0 Å². The molecule has 0 saturated carbocycles. The van der Waals surface area contributed by atoms with E-state index in [1.54, 1.807) is 0 Å². The summed E-state index contributed by atoms with van der Waals surface area (Å²) in [5, 5.41) is 0. The zero-order chi connectivity index (χ0) is 13.2. The fraction of sp³-hybridized carbons (Fsp3) is 0.923. The van der Waals surface area contributed by atoms with E-state index in [2.05, 4.69) is 20.8 Å². The molecule has 3 heteroatoms. The minimum atomic E-state index is -0.492. The normalized spacial score (nSPS) is 16.8. The quantitative estimate of drug-likeness (QED) is 0.737. The van der Waals surface area contributed by atoms with Gasteiger partial charge in [0, 0.05) is 5.54 Å². The summed E-state index contributed by atoms with van der Waals surface area (Å²) < 4.78 is 4.83. The van der Waals surface area contributed by atoms with Crippen molar-refractivity contribution >= 4 is 5.97 Å². The Kier molecular flexibility index (Phi) is 4.57. The van der Waals surface area contributed by atoms with Crippen LogP contribution < -0.4 is 5.73 Å². The smallest absolute Gasteiger partial charge is 0.311 e. The number of methoxy groups -OCH3 is 1. The van der Waals surface area contributed by atoms with Gasteiger partial charge in [0.1, 0.15) is 0 Å². The molecule has 0 aromatic rings. The maximum absolute atomic E-state index is 11.7. The molecule has 0 spiro atoms. The Labute approximate surface area is 99.7 Å². The molecule has 1 unspecified atom stereocenters. The molecular weight excluding hydrogens is 202 g/mol. The minimum absolute atomic E-state index is 0.112. The van der Waals surface area contributed by atoms with Gasteiger partial charge in [-0.25, -0.2) is 0 Å². The number of carbonyl (C=O) groups excluding carboxylic acids is 1. The molecule has 0 heterocycles. The third-order valence-electron chi connectivity index (χ3n) is 3.90. The second-order valence-corrected chi connectivity index (χ2v) is 6.21. The zero-order valence-corrected chi connectivity index (χ0v) is 11.8. The Bertz CT molecular complexity index is 255. The van der Waals surface area contributed by atoms with Crippen LogP contribution in [0.3, 0.4) is 0 Å². The monoisotopic (exact) mass is 229 g/mol. The number of nitrogens with two attached hydrogens (primary N) is 1. The molecule has 3 nitrogen and oxygen atoms in total. The van der Waals surface area contributed by atoms with Crippen molar-refractivity contribution in [1.82, 2.24) is 0 Å². The van der Waals surface area contributed by atoms with Crippen molar-refractivity contribution in [1.29, 1.82) is 0 Å². The summed E-state index contributed by atoms with van der Waals surface area (Å²) in [6.07, 6.45) is 1.60. The Morgan fingerprint density at radius 3 is 1.94 bits per heavy atom. The van der Waals surface area contributed by atoms with Crippen LogP contribution in [0.15, 0.2) is 0 Å². The van der Waals surface area contributed by atoms with Gasteiger partial charge in [-0.3, -0.25) is 4.79 Å². The van der Waals surface area contributed by atoms with Gasteiger partial charge in [-0.2, -0.15) is 0 Å². The van der Waals surface area contributed by atoms with E-state index in [9.17, 15) is 4.79 Å². The number of hydrogen-bond donors (Lipinski definition) is 1. The molecule has 0 fully saturated rings. The van der Waals surface area contributed by atoms with Gasteiger partial charge >= 0.3 is 5.97 Å². The number of ether oxygens (including phenoxy) is 1. The molecule has 2 N–H and O–H groups in total. The topological polar surface area (TPSA) is 52.3 Å². The van der Waals surface area contributed by atoms with E-state index in [0.29, 0.717) is 6.42 Å². The second kappa shape index (κ2) is 4.74. The van der Waals surface area contributed by atoms with E-state index in [4.69, 9.17) is 10.5 Å². The van der Waals surface area contributed by atoms with Crippen LogP contribution in [0.1, 0.15) is 54.4 Å². The summed E-state index contributed by atoms with van der Waals surface area (Å²) in [5.41, 5.74) is 5.41. The molecule has 0 amide bonds. The highest BCUT2D eigenvalue weighted by molar-refractivity contribution is 5.75. The lowest BCUT2D eigenvalue weighted by molar-refractivity contribution is -0.153. The Morgan fingerprint density at radius 2 is 1.62 bits per heavy atom.